The van der Waals surface area contributed by atoms with Gasteiger partial charge in [0, 0.05) is 17.9 Å². The third-order valence-electron chi connectivity index (χ3n) is 5.90. The van der Waals surface area contributed by atoms with Crippen LogP contribution in [-0.2, 0) is 21.3 Å². The molecule has 2 saturated heterocycles. The van der Waals surface area contributed by atoms with Crippen molar-refractivity contribution in [2.45, 2.75) is 36.1 Å². The van der Waals surface area contributed by atoms with Crippen LogP contribution in [0.25, 0.3) is 0 Å². The Hall–Kier alpha value is -2.16. The molecule has 30 heavy (non-hydrogen) atoms. The summed E-state index contributed by atoms with van der Waals surface area (Å²) < 4.78 is 69.9. The average molecular weight is 426 g/mol. The van der Waals surface area contributed by atoms with Crippen molar-refractivity contribution in [3.63, 3.8) is 0 Å². The first-order valence-electron chi connectivity index (χ1n) is 9.59. The SMILES string of the molecule is COc1ccc(C(F)(F)F)cc1C1(O)COCC2(CC(c3ccc(F)cc3)CO2)C1. The van der Waals surface area contributed by atoms with E-state index in [0.717, 1.165) is 17.7 Å². The van der Waals surface area contributed by atoms with E-state index in [4.69, 9.17) is 14.2 Å². The number of benzene rings is 2. The lowest BCUT2D eigenvalue weighted by Crippen LogP contribution is -2.50. The Labute approximate surface area is 171 Å². The van der Waals surface area contributed by atoms with Crippen molar-refractivity contribution in [3.05, 3.63) is 65.0 Å². The predicted molar refractivity (Wildman–Crippen MR) is 99.8 cm³/mol. The Morgan fingerprint density at radius 3 is 2.50 bits per heavy atom. The minimum absolute atomic E-state index is 0.0210. The zero-order chi connectivity index (χ0) is 21.6. The summed E-state index contributed by atoms with van der Waals surface area (Å²) in [6.45, 7) is 0.399. The third-order valence-corrected chi connectivity index (χ3v) is 5.90. The first-order chi connectivity index (χ1) is 14.1. The van der Waals surface area contributed by atoms with Crippen molar-refractivity contribution >= 4 is 0 Å². The predicted octanol–water partition coefficient (Wildman–Crippen LogP) is 4.40. The van der Waals surface area contributed by atoms with Crippen LogP contribution in [0.15, 0.2) is 42.5 Å². The molecule has 4 rings (SSSR count). The van der Waals surface area contributed by atoms with Gasteiger partial charge in [0.2, 0.25) is 0 Å². The van der Waals surface area contributed by atoms with E-state index in [1.807, 2.05) is 0 Å². The van der Waals surface area contributed by atoms with Crippen molar-refractivity contribution < 1.29 is 36.9 Å². The van der Waals surface area contributed by atoms with E-state index < -0.39 is 22.9 Å². The van der Waals surface area contributed by atoms with Crippen molar-refractivity contribution in [2.75, 3.05) is 26.9 Å². The molecule has 0 bridgehead atoms. The maximum atomic E-state index is 13.3. The Morgan fingerprint density at radius 1 is 1.10 bits per heavy atom. The average Bonchev–Trinajstić information content (AvgIpc) is 3.10. The molecule has 0 aromatic heterocycles. The molecule has 0 amide bonds. The fourth-order valence-electron chi connectivity index (χ4n) is 4.48. The number of halogens is 4. The lowest BCUT2D eigenvalue weighted by Gasteiger charge is -2.43. The molecule has 4 nitrogen and oxygen atoms in total. The van der Waals surface area contributed by atoms with Gasteiger partial charge in [-0.1, -0.05) is 12.1 Å². The van der Waals surface area contributed by atoms with E-state index in [0.29, 0.717) is 13.0 Å². The zero-order valence-corrected chi connectivity index (χ0v) is 16.3. The minimum atomic E-state index is -4.55. The molecule has 1 N–H and O–H groups in total. The molecule has 1 spiro atoms. The second-order valence-corrected chi connectivity index (χ2v) is 8.06. The highest BCUT2D eigenvalue weighted by Gasteiger charge is 2.52. The molecule has 0 saturated carbocycles. The largest absolute Gasteiger partial charge is 0.496 e. The number of aliphatic hydroxyl groups is 1. The van der Waals surface area contributed by atoms with E-state index in [1.165, 1.54) is 25.3 Å². The summed E-state index contributed by atoms with van der Waals surface area (Å²) in [6.07, 6.45) is -3.99. The van der Waals surface area contributed by atoms with Gasteiger partial charge in [0.25, 0.3) is 0 Å². The van der Waals surface area contributed by atoms with Crippen LogP contribution in [0.5, 0.6) is 5.75 Å². The van der Waals surface area contributed by atoms with Crippen LogP contribution in [-0.4, -0.2) is 37.6 Å². The summed E-state index contributed by atoms with van der Waals surface area (Å²) in [5.41, 5.74) is -2.51. The van der Waals surface area contributed by atoms with E-state index in [-0.39, 0.29) is 42.7 Å². The first kappa shape index (κ1) is 21.1. The summed E-state index contributed by atoms with van der Waals surface area (Å²) in [4.78, 5) is 0. The van der Waals surface area contributed by atoms with Crippen LogP contribution in [0, 0.1) is 5.82 Å². The van der Waals surface area contributed by atoms with Gasteiger partial charge in [-0.2, -0.15) is 13.2 Å². The molecular weight excluding hydrogens is 404 g/mol. The molecule has 3 unspecified atom stereocenters. The lowest BCUT2D eigenvalue weighted by molar-refractivity contribution is -0.187. The normalized spacial score (nSPS) is 29.3. The summed E-state index contributed by atoms with van der Waals surface area (Å²) in [5.74, 6) is -0.210. The van der Waals surface area contributed by atoms with Crippen molar-refractivity contribution in [1.29, 1.82) is 0 Å². The molecule has 2 fully saturated rings. The van der Waals surface area contributed by atoms with Crippen LogP contribution < -0.4 is 4.74 Å². The highest BCUT2D eigenvalue weighted by molar-refractivity contribution is 5.43. The summed E-state index contributed by atoms with van der Waals surface area (Å²) in [6, 6.07) is 9.16. The van der Waals surface area contributed by atoms with Gasteiger partial charge < -0.3 is 19.3 Å². The van der Waals surface area contributed by atoms with Crippen LogP contribution in [0.1, 0.15) is 35.4 Å². The van der Waals surface area contributed by atoms with Crippen molar-refractivity contribution in [1.82, 2.24) is 0 Å². The maximum absolute atomic E-state index is 13.3. The molecular formula is C22H22F4O4. The Kier molecular flexibility index (Phi) is 5.28. The maximum Gasteiger partial charge on any atom is 0.416 e. The van der Waals surface area contributed by atoms with E-state index >= 15 is 0 Å². The number of rotatable bonds is 3. The summed E-state index contributed by atoms with van der Waals surface area (Å²) >= 11 is 0. The molecule has 0 aliphatic carbocycles. The van der Waals surface area contributed by atoms with E-state index in [9.17, 15) is 22.7 Å². The number of methoxy groups -OCH3 is 1. The number of alkyl halides is 3. The van der Waals surface area contributed by atoms with Gasteiger partial charge in [0.1, 0.15) is 17.2 Å². The second kappa shape index (κ2) is 7.51. The minimum Gasteiger partial charge on any atom is -0.496 e. The number of hydrogen-bond donors (Lipinski definition) is 1. The summed E-state index contributed by atoms with van der Waals surface area (Å²) in [7, 11) is 1.34. The van der Waals surface area contributed by atoms with E-state index in [2.05, 4.69) is 0 Å². The van der Waals surface area contributed by atoms with Gasteiger partial charge in [0.05, 0.1) is 38.1 Å². The van der Waals surface area contributed by atoms with Gasteiger partial charge >= 0.3 is 6.18 Å². The van der Waals surface area contributed by atoms with Crippen LogP contribution >= 0.6 is 0 Å². The highest BCUT2D eigenvalue weighted by atomic mass is 19.4. The standard InChI is InChI=1S/C22H22F4O4/c1-28-19-7-4-16(22(24,25)26)8-18(19)21(27)11-20(12-29-13-21)9-15(10-30-20)14-2-5-17(23)6-3-14/h2-8,15,27H,9-13H2,1H3. The Bertz CT molecular complexity index is 914. The van der Waals surface area contributed by atoms with Gasteiger partial charge in [0.15, 0.2) is 0 Å². The number of hydrogen-bond acceptors (Lipinski definition) is 4. The second-order valence-electron chi connectivity index (χ2n) is 8.06. The summed E-state index contributed by atoms with van der Waals surface area (Å²) in [5, 5.41) is 11.4. The highest BCUT2D eigenvalue weighted by Crippen LogP contribution is 2.48. The van der Waals surface area contributed by atoms with Crippen LogP contribution in [0.3, 0.4) is 0 Å². The third kappa shape index (κ3) is 3.91. The Morgan fingerprint density at radius 2 is 1.83 bits per heavy atom. The van der Waals surface area contributed by atoms with Crippen LogP contribution in [0.2, 0.25) is 0 Å². The molecule has 2 aromatic carbocycles. The molecule has 2 aliphatic rings. The molecule has 2 heterocycles. The van der Waals surface area contributed by atoms with Gasteiger partial charge in [-0.15, -0.1) is 0 Å². The number of ether oxygens (including phenoxy) is 3. The van der Waals surface area contributed by atoms with Crippen molar-refractivity contribution in [2.24, 2.45) is 0 Å². The smallest absolute Gasteiger partial charge is 0.416 e. The van der Waals surface area contributed by atoms with E-state index in [1.54, 1.807) is 12.1 Å². The fourth-order valence-corrected chi connectivity index (χ4v) is 4.48. The molecule has 3 atom stereocenters. The van der Waals surface area contributed by atoms with Gasteiger partial charge in [-0.3, -0.25) is 0 Å². The molecule has 8 heteroatoms. The molecule has 2 aliphatic heterocycles. The zero-order valence-electron chi connectivity index (χ0n) is 16.3. The molecule has 2 aromatic rings. The quantitative estimate of drug-likeness (QED) is 0.739. The lowest BCUT2D eigenvalue weighted by atomic mass is 9.77. The Balaban J connectivity index is 1.63. The van der Waals surface area contributed by atoms with Crippen LogP contribution in [0.4, 0.5) is 17.6 Å². The van der Waals surface area contributed by atoms with Gasteiger partial charge in [-0.05, 0) is 42.3 Å². The first-order valence-corrected chi connectivity index (χ1v) is 9.59. The van der Waals surface area contributed by atoms with Crippen molar-refractivity contribution in [3.8, 4) is 5.75 Å². The monoisotopic (exact) mass is 426 g/mol. The van der Waals surface area contributed by atoms with Gasteiger partial charge in [-0.25, -0.2) is 4.39 Å². The molecule has 0 radical (unpaired) electrons. The topological polar surface area (TPSA) is 47.9 Å². The fraction of sp³-hybridized carbons (Fsp3) is 0.455. The molecule has 162 valence electrons.